The van der Waals surface area contributed by atoms with Crippen LogP contribution in [0.3, 0.4) is 0 Å². The van der Waals surface area contributed by atoms with Gasteiger partial charge in [0.25, 0.3) is 0 Å². The Kier molecular flexibility index (Phi) is 16.0. The molecule has 1 saturated heterocycles. The molecule has 0 radical (unpaired) electrons. The Balaban J connectivity index is 3.53. The molecule has 1 fully saturated rings. The van der Waals surface area contributed by atoms with Crippen molar-refractivity contribution in [2.45, 2.75) is 110 Å². The first-order valence-corrected chi connectivity index (χ1v) is 14.3. The first-order valence-electron chi connectivity index (χ1n) is 14.3. The summed E-state index contributed by atoms with van der Waals surface area (Å²) < 4.78 is 34.1. The number of hydrogen-bond acceptors (Lipinski definition) is 11. The van der Waals surface area contributed by atoms with Crippen LogP contribution in [0.1, 0.15) is 79.1 Å². The van der Waals surface area contributed by atoms with Gasteiger partial charge in [0, 0.05) is 25.7 Å². The highest BCUT2D eigenvalue weighted by Crippen LogP contribution is 2.31. The minimum Gasteiger partial charge on any atom is -0.463 e. The van der Waals surface area contributed by atoms with Gasteiger partial charge < -0.3 is 32.9 Å². The van der Waals surface area contributed by atoms with Crippen LogP contribution >= 0.6 is 0 Å². The molecular weight excluding hydrogens is 538 g/mol. The Labute approximate surface area is 242 Å². The summed E-state index contributed by atoms with van der Waals surface area (Å²) in [5.41, 5.74) is 0. The molecule has 232 valence electrons. The van der Waals surface area contributed by atoms with Crippen molar-refractivity contribution >= 4 is 29.8 Å². The average molecular weight is 585 g/mol. The molecule has 0 unspecified atom stereocenters. The highest BCUT2D eigenvalue weighted by molar-refractivity contribution is 5.73. The van der Waals surface area contributed by atoms with Crippen LogP contribution in [-0.2, 0) is 52.4 Å². The van der Waals surface area contributed by atoms with Crippen LogP contribution in [-0.4, -0.2) is 98.8 Å². The molecule has 0 aromatic heterocycles. The first kappa shape index (κ1) is 35.9. The van der Waals surface area contributed by atoms with Crippen molar-refractivity contribution in [1.29, 1.82) is 0 Å². The average Bonchev–Trinajstić information content (AvgIpc) is 2.86. The maximum Gasteiger partial charge on any atom is 0.364 e. The molecule has 0 amide bonds. The molecular formula is C29H46NO11+. The molecule has 1 heterocycles. The van der Waals surface area contributed by atoms with Gasteiger partial charge in [-0.2, -0.15) is 0 Å². The Hall–Kier alpha value is -3.17. The van der Waals surface area contributed by atoms with Gasteiger partial charge in [0.15, 0.2) is 18.8 Å². The molecule has 0 aliphatic carbocycles. The molecule has 1 aliphatic heterocycles. The van der Waals surface area contributed by atoms with Gasteiger partial charge in [-0.05, 0) is 31.6 Å². The van der Waals surface area contributed by atoms with Crippen LogP contribution in [0, 0.1) is 12.3 Å². The normalized spacial score (nSPS) is 22.1. The Bertz CT molecular complexity index is 926. The second-order valence-corrected chi connectivity index (χ2v) is 10.5. The summed E-state index contributed by atoms with van der Waals surface area (Å²) in [5, 5.41) is 0. The lowest BCUT2D eigenvalue weighted by Crippen LogP contribution is -2.63. The van der Waals surface area contributed by atoms with Gasteiger partial charge >= 0.3 is 29.8 Å². The fraction of sp³-hybridized carbons (Fsp3) is 0.759. The van der Waals surface area contributed by atoms with Gasteiger partial charge in [-0.15, -0.1) is 6.42 Å². The van der Waals surface area contributed by atoms with Crippen molar-refractivity contribution in [2.24, 2.45) is 0 Å². The molecule has 0 saturated carbocycles. The van der Waals surface area contributed by atoms with Gasteiger partial charge in [-0.25, -0.2) is 4.79 Å². The molecule has 0 aromatic carbocycles. The number of hydrogen-bond donors (Lipinski definition) is 0. The molecule has 5 atom stereocenters. The zero-order chi connectivity index (χ0) is 31.0. The fourth-order valence-corrected chi connectivity index (χ4v) is 4.02. The lowest BCUT2D eigenvalue weighted by molar-refractivity contribution is -0.875. The summed E-state index contributed by atoms with van der Waals surface area (Å²) >= 11 is 0. The van der Waals surface area contributed by atoms with E-state index in [0.717, 1.165) is 0 Å². The van der Waals surface area contributed by atoms with E-state index in [1.54, 1.807) is 34.9 Å². The van der Waals surface area contributed by atoms with E-state index < -0.39 is 67.2 Å². The third kappa shape index (κ3) is 12.9. The number of likely N-dealkylation sites (N-methyl/N-ethyl adjacent to an activating group) is 1. The number of quaternary nitrogens is 1. The SMILES string of the molecule is C#CC[N+](C)(C)CC(=O)O[C@H]1O[C@H](COC(=O)CCC)[C@@H](OC(=O)CCC)[C@H](OC(=O)CCC)[C@H]1OC(=O)CCC. The van der Waals surface area contributed by atoms with Crippen molar-refractivity contribution in [3.8, 4) is 12.3 Å². The summed E-state index contributed by atoms with van der Waals surface area (Å²) in [6.07, 6.45) is 0.611. The predicted molar refractivity (Wildman–Crippen MR) is 146 cm³/mol. The van der Waals surface area contributed by atoms with Gasteiger partial charge in [-0.3, -0.25) is 19.2 Å². The standard InChI is InChI=1S/C29H46NO11/c1-8-13-21(31)36-19-20-26(38-22(32)14-9-2)27(39-23(33)15-10-3)28(40-24(34)16-11-4)29(37-20)41-25(35)18-30(6,7)17-12-5/h5,20,26-29H,8-11,13-19H2,1-4,6-7H3/q+1/t20-,26-,27+,28-,29-/m1/s1. The van der Waals surface area contributed by atoms with Crippen LogP contribution in [0.15, 0.2) is 0 Å². The number of esters is 5. The second-order valence-electron chi connectivity index (χ2n) is 10.5. The van der Waals surface area contributed by atoms with E-state index in [9.17, 15) is 24.0 Å². The van der Waals surface area contributed by atoms with Crippen LogP contribution in [0.25, 0.3) is 0 Å². The molecule has 0 bridgehead atoms. The topological polar surface area (TPSA) is 141 Å². The third-order valence-electron chi connectivity index (χ3n) is 5.94. The number of nitrogens with zero attached hydrogens (tertiary/aromatic N) is 1. The molecule has 12 nitrogen and oxygen atoms in total. The predicted octanol–water partition coefficient (Wildman–Crippen LogP) is 2.44. The third-order valence-corrected chi connectivity index (χ3v) is 5.94. The number of carbonyl (C=O) groups excluding carboxylic acids is 5. The second kappa shape index (κ2) is 18.3. The summed E-state index contributed by atoms with van der Waals surface area (Å²) in [6, 6.07) is 0. The van der Waals surface area contributed by atoms with Crippen molar-refractivity contribution < 1.29 is 56.9 Å². The van der Waals surface area contributed by atoms with E-state index in [0.29, 0.717) is 25.7 Å². The number of ether oxygens (including phenoxy) is 6. The largest absolute Gasteiger partial charge is 0.463 e. The van der Waals surface area contributed by atoms with Crippen LogP contribution in [0.5, 0.6) is 0 Å². The minimum absolute atomic E-state index is 0.0250. The highest BCUT2D eigenvalue weighted by Gasteiger charge is 2.54. The smallest absolute Gasteiger partial charge is 0.364 e. The Morgan fingerprint density at radius 3 is 1.63 bits per heavy atom. The van der Waals surface area contributed by atoms with E-state index in [1.165, 1.54) is 0 Å². The minimum atomic E-state index is -1.57. The molecule has 0 N–H and O–H groups in total. The van der Waals surface area contributed by atoms with E-state index in [4.69, 9.17) is 34.8 Å². The van der Waals surface area contributed by atoms with E-state index in [-0.39, 0.29) is 43.3 Å². The van der Waals surface area contributed by atoms with E-state index in [2.05, 4.69) is 5.92 Å². The van der Waals surface area contributed by atoms with Crippen molar-refractivity contribution in [2.75, 3.05) is 33.8 Å². The first-order chi connectivity index (χ1) is 19.4. The van der Waals surface area contributed by atoms with E-state index in [1.807, 2.05) is 6.92 Å². The summed E-state index contributed by atoms with van der Waals surface area (Å²) in [6.45, 7) is 6.83. The lowest BCUT2D eigenvalue weighted by Gasteiger charge is -2.44. The van der Waals surface area contributed by atoms with Crippen LogP contribution in [0.4, 0.5) is 0 Å². The number of carbonyl (C=O) groups is 5. The molecule has 0 aromatic rings. The fourth-order valence-electron chi connectivity index (χ4n) is 4.02. The molecule has 41 heavy (non-hydrogen) atoms. The Morgan fingerprint density at radius 2 is 1.15 bits per heavy atom. The molecule has 1 aliphatic rings. The highest BCUT2D eigenvalue weighted by atomic mass is 16.7. The van der Waals surface area contributed by atoms with Crippen molar-refractivity contribution in [3.05, 3.63) is 0 Å². The number of rotatable bonds is 17. The van der Waals surface area contributed by atoms with E-state index >= 15 is 0 Å². The maximum absolute atomic E-state index is 13.0. The quantitative estimate of drug-likeness (QED) is 0.108. The lowest BCUT2D eigenvalue weighted by atomic mass is 9.97. The summed E-state index contributed by atoms with van der Waals surface area (Å²) in [4.78, 5) is 63.2. The van der Waals surface area contributed by atoms with Gasteiger partial charge in [-0.1, -0.05) is 27.7 Å². The number of terminal acetylenes is 1. The monoisotopic (exact) mass is 584 g/mol. The molecule has 0 spiro atoms. The van der Waals surface area contributed by atoms with Gasteiger partial charge in [0.2, 0.25) is 12.4 Å². The summed E-state index contributed by atoms with van der Waals surface area (Å²) in [7, 11) is 3.46. The van der Waals surface area contributed by atoms with Crippen molar-refractivity contribution in [1.82, 2.24) is 0 Å². The summed E-state index contributed by atoms with van der Waals surface area (Å²) in [5.74, 6) is -0.680. The van der Waals surface area contributed by atoms with Gasteiger partial charge in [0.05, 0.1) is 14.1 Å². The van der Waals surface area contributed by atoms with Crippen molar-refractivity contribution in [3.63, 3.8) is 0 Å². The molecule has 12 heteroatoms. The Morgan fingerprint density at radius 1 is 0.683 bits per heavy atom. The van der Waals surface area contributed by atoms with Crippen LogP contribution < -0.4 is 0 Å². The van der Waals surface area contributed by atoms with Gasteiger partial charge in [0.1, 0.15) is 19.3 Å². The van der Waals surface area contributed by atoms with Crippen LogP contribution in [0.2, 0.25) is 0 Å². The molecule has 1 rings (SSSR count). The zero-order valence-electron chi connectivity index (χ0n) is 25.2. The maximum atomic E-state index is 13.0. The zero-order valence-corrected chi connectivity index (χ0v) is 25.2.